The van der Waals surface area contributed by atoms with Gasteiger partial charge in [-0.25, -0.2) is 4.79 Å². The third kappa shape index (κ3) is 9.38. The normalized spacial score (nSPS) is 11.6. The molecule has 9 nitrogen and oxygen atoms in total. The van der Waals surface area contributed by atoms with Crippen molar-refractivity contribution in [2.45, 2.75) is 10.1 Å². The van der Waals surface area contributed by atoms with Crippen LogP contribution in [0.25, 0.3) is 6.08 Å². The first-order valence-corrected chi connectivity index (χ1v) is 16.1. The molecule has 0 spiro atoms. The van der Waals surface area contributed by atoms with E-state index in [9.17, 15) is 24.3 Å². The summed E-state index contributed by atoms with van der Waals surface area (Å²) in [5.74, 6) is -1.88. The molecule has 0 aliphatic rings. The summed E-state index contributed by atoms with van der Waals surface area (Å²) in [5, 5.41) is 17.2. The van der Waals surface area contributed by atoms with E-state index in [1.54, 1.807) is 92.0 Å². The number of methoxy groups -OCH3 is 1. The number of aromatic carboxylic acids is 1. The van der Waals surface area contributed by atoms with Crippen LogP contribution in [-0.2, 0) is 9.59 Å². The van der Waals surface area contributed by atoms with E-state index in [1.807, 2.05) is 30.3 Å². The summed E-state index contributed by atoms with van der Waals surface area (Å²) in [4.78, 5) is 52.2. The van der Waals surface area contributed by atoms with Crippen LogP contribution in [0.1, 0.15) is 37.1 Å². The second-order valence-corrected chi connectivity index (χ2v) is 12.1. The van der Waals surface area contributed by atoms with Crippen molar-refractivity contribution < 1.29 is 29.0 Å². The van der Waals surface area contributed by atoms with Gasteiger partial charge in [0.05, 0.1) is 23.4 Å². The molecule has 0 heterocycles. The molecule has 11 heteroatoms. The monoisotopic (exact) mass is 691 g/mol. The summed E-state index contributed by atoms with van der Waals surface area (Å²) in [6.07, 6.45) is 1.57. The number of rotatable bonds is 12. The Balaban J connectivity index is 1.34. The van der Waals surface area contributed by atoms with Crippen LogP contribution in [0, 0.1) is 0 Å². The quantitative estimate of drug-likeness (QED) is 0.0771. The summed E-state index contributed by atoms with van der Waals surface area (Å²) in [7, 11) is 1.56. The standard InChI is InChI=1S/C38H30ClN3O6S/c1-48-29-17-12-24(13-18-29)22-33(42-35(43)26-10-6-3-7-11-26)36(44)40-28-15-19-30(20-16-28)49-34(25-8-4-2-5-9-25)37(45)41-32-23-27(38(46)47)14-21-31(32)39/h2-23,34H,1H3,(H,40,44)(H,41,45)(H,42,43)(H,46,47)/b33-22-. The third-order valence-corrected chi connectivity index (χ3v) is 8.73. The largest absolute Gasteiger partial charge is 0.497 e. The fraction of sp³-hybridized carbons (Fsp3) is 0.0526. The Morgan fingerprint density at radius 2 is 1.43 bits per heavy atom. The van der Waals surface area contributed by atoms with E-state index in [2.05, 4.69) is 16.0 Å². The Bertz CT molecular complexity index is 1990. The molecule has 0 bridgehead atoms. The Morgan fingerprint density at radius 3 is 2.06 bits per heavy atom. The average molecular weight is 692 g/mol. The topological polar surface area (TPSA) is 134 Å². The number of anilines is 2. The van der Waals surface area contributed by atoms with Gasteiger partial charge in [-0.2, -0.15) is 0 Å². The fourth-order valence-electron chi connectivity index (χ4n) is 4.61. The van der Waals surface area contributed by atoms with Gasteiger partial charge >= 0.3 is 5.97 Å². The number of carbonyl (C=O) groups is 4. The molecule has 3 amide bonds. The van der Waals surface area contributed by atoms with Crippen molar-refractivity contribution in [1.29, 1.82) is 0 Å². The first-order valence-electron chi connectivity index (χ1n) is 14.9. The summed E-state index contributed by atoms with van der Waals surface area (Å²) >= 11 is 7.54. The lowest BCUT2D eigenvalue weighted by Crippen LogP contribution is -2.30. The van der Waals surface area contributed by atoms with Crippen molar-refractivity contribution in [3.63, 3.8) is 0 Å². The Labute approximate surface area is 292 Å². The zero-order chi connectivity index (χ0) is 34.8. The highest BCUT2D eigenvalue weighted by Gasteiger charge is 2.24. The van der Waals surface area contributed by atoms with Crippen molar-refractivity contribution in [1.82, 2.24) is 5.32 Å². The molecule has 0 aromatic heterocycles. The minimum atomic E-state index is -1.14. The molecule has 5 rings (SSSR count). The maximum absolute atomic E-state index is 13.6. The highest BCUT2D eigenvalue weighted by atomic mass is 35.5. The number of carboxylic acids is 1. The molecular formula is C38H30ClN3O6S. The van der Waals surface area contributed by atoms with Crippen molar-refractivity contribution >= 4 is 64.5 Å². The number of nitrogens with one attached hydrogen (secondary N) is 3. The summed E-state index contributed by atoms with van der Waals surface area (Å²) in [5.41, 5.74) is 2.45. The molecule has 0 saturated carbocycles. The van der Waals surface area contributed by atoms with Crippen LogP contribution in [0.4, 0.5) is 11.4 Å². The van der Waals surface area contributed by atoms with Gasteiger partial charge in [0.25, 0.3) is 11.8 Å². The van der Waals surface area contributed by atoms with Gasteiger partial charge in [-0.15, -0.1) is 11.8 Å². The van der Waals surface area contributed by atoms with E-state index in [0.717, 1.165) is 10.5 Å². The minimum absolute atomic E-state index is 0.0112. The van der Waals surface area contributed by atoms with Crippen LogP contribution < -0.4 is 20.7 Å². The molecule has 0 radical (unpaired) electrons. The van der Waals surface area contributed by atoms with Crippen molar-refractivity contribution in [2.75, 3.05) is 17.7 Å². The van der Waals surface area contributed by atoms with Crippen LogP contribution in [-0.4, -0.2) is 35.9 Å². The Morgan fingerprint density at radius 1 is 0.776 bits per heavy atom. The van der Waals surface area contributed by atoms with E-state index < -0.39 is 28.9 Å². The number of hydrogen-bond acceptors (Lipinski definition) is 6. The first-order chi connectivity index (χ1) is 23.7. The van der Waals surface area contributed by atoms with E-state index in [1.165, 1.54) is 30.0 Å². The fourth-order valence-corrected chi connectivity index (χ4v) is 5.80. The molecule has 5 aromatic carbocycles. The number of thioether (sulfide) groups is 1. The maximum Gasteiger partial charge on any atom is 0.335 e. The minimum Gasteiger partial charge on any atom is -0.497 e. The van der Waals surface area contributed by atoms with Crippen molar-refractivity contribution in [2.24, 2.45) is 0 Å². The zero-order valence-corrected chi connectivity index (χ0v) is 27.6. The predicted octanol–water partition coefficient (Wildman–Crippen LogP) is 7.93. The lowest BCUT2D eigenvalue weighted by Gasteiger charge is -2.18. The van der Waals surface area contributed by atoms with Gasteiger partial charge in [0.2, 0.25) is 5.91 Å². The average Bonchev–Trinajstić information content (AvgIpc) is 3.12. The van der Waals surface area contributed by atoms with Crippen LogP contribution in [0.15, 0.2) is 138 Å². The number of hydrogen-bond donors (Lipinski definition) is 4. The summed E-state index contributed by atoms with van der Waals surface area (Å²) in [6.45, 7) is 0. The SMILES string of the molecule is COc1ccc(/C=C(\NC(=O)c2ccccc2)C(=O)Nc2ccc(SC(C(=O)Nc3cc(C(=O)O)ccc3Cl)c3ccccc3)cc2)cc1. The summed E-state index contributed by atoms with van der Waals surface area (Å²) < 4.78 is 5.22. The van der Waals surface area contributed by atoms with Crippen molar-refractivity contribution in [3.05, 3.63) is 160 Å². The number of benzene rings is 5. The number of carbonyl (C=O) groups excluding carboxylic acids is 3. The Hall–Kier alpha value is -5.84. The highest BCUT2D eigenvalue weighted by molar-refractivity contribution is 8.00. The lowest BCUT2D eigenvalue weighted by atomic mass is 10.1. The van der Waals surface area contributed by atoms with Gasteiger partial charge in [-0.1, -0.05) is 72.3 Å². The zero-order valence-electron chi connectivity index (χ0n) is 26.1. The highest BCUT2D eigenvalue weighted by Crippen LogP contribution is 2.37. The van der Waals surface area contributed by atoms with Crippen LogP contribution in [0.5, 0.6) is 5.75 Å². The molecule has 0 saturated heterocycles. The van der Waals surface area contributed by atoms with Crippen molar-refractivity contribution in [3.8, 4) is 5.75 Å². The van der Waals surface area contributed by atoms with Gasteiger partial charge in [0.1, 0.15) is 16.7 Å². The predicted molar refractivity (Wildman–Crippen MR) is 192 cm³/mol. The number of amides is 3. The van der Waals surface area contributed by atoms with Crippen LogP contribution in [0.2, 0.25) is 5.02 Å². The van der Waals surface area contributed by atoms with Crippen LogP contribution in [0.3, 0.4) is 0 Å². The van der Waals surface area contributed by atoms with E-state index in [4.69, 9.17) is 16.3 Å². The van der Waals surface area contributed by atoms with Gasteiger partial charge in [0.15, 0.2) is 0 Å². The van der Waals surface area contributed by atoms with Gasteiger partial charge < -0.3 is 25.8 Å². The van der Waals surface area contributed by atoms with Crippen LogP contribution >= 0.6 is 23.4 Å². The van der Waals surface area contributed by atoms with E-state index in [0.29, 0.717) is 22.6 Å². The number of carboxylic acid groups (broad SMARTS) is 1. The second-order valence-electron chi connectivity index (χ2n) is 10.5. The van der Waals surface area contributed by atoms with Gasteiger partial charge in [0, 0.05) is 16.1 Å². The molecule has 49 heavy (non-hydrogen) atoms. The molecule has 1 unspecified atom stereocenters. The molecule has 5 aromatic rings. The van der Waals surface area contributed by atoms with E-state index in [-0.39, 0.29) is 22.0 Å². The third-order valence-electron chi connectivity index (χ3n) is 7.13. The molecule has 246 valence electrons. The molecule has 4 N–H and O–H groups in total. The van der Waals surface area contributed by atoms with Gasteiger partial charge in [-0.3, -0.25) is 14.4 Å². The number of ether oxygens (including phenoxy) is 1. The smallest absolute Gasteiger partial charge is 0.335 e. The van der Waals surface area contributed by atoms with E-state index >= 15 is 0 Å². The number of halogens is 1. The molecule has 0 fully saturated rings. The summed E-state index contributed by atoms with van der Waals surface area (Å²) in [6, 6.07) is 35.7. The first kappa shape index (κ1) is 34.5. The second kappa shape index (κ2) is 16.3. The Kier molecular flexibility index (Phi) is 11.5. The maximum atomic E-state index is 13.6. The molecular weight excluding hydrogens is 662 g/mol. The molecule has 0 aliphatic carbocycles. The van der Waals surface area contributed by atoms with Gasteiger partial charge in [-0.05, 0) is 83.9 Å². The molecule has 1 atom stereocenters. The lowest BCUT2D eigenvalue weighted by molar-refractivity contribution is -0.116. The molecule has 0 aliphatic heterocycles.